The fraction of sp³-hybridized carbons (Fsp3) is 0.300. The van der Waals surface area contributed by atoms with Crippen LogP contribution in [0.25, 0.3) is 5.82 Å². The number of hydrogen-bond donors (Lipinski definition) is 2. The molecule has 158 valence electrons. The Morgan fingerprint density at radius 3 is 2.68 bits per heavy atom. The van der Waals surface area contributed by atoms with Crippen molar-refractivity contribution >= 4 is 37.0 Å². The van der Waals surface area contributed by atoms with E-state index in [0.717, 1.165) is 25.3 Å². The lowest BCUT2D eigenvalue weighted by molar-refractivity contribution is 0.101. The molecule has 1 saturated heterocycles. The van der Waals surface area contributed by atoms with Crippen LogP contribution in [0.1, 0.15) is 22.5 Å². The number of amides is 1. The summed E-state index contributed by atoms with van der Waals surface area (Å²) < 4.78 is 1.43. The Morgan fingerprint density at radius 1 is 1.29 bits per heavy atom. The van der Waals surface area contributed by atoms with Crippen LogP contribution >= 0.6 is 11.6 Å². The van der Waals surface area contributed by atoms with E-state index in [1.165, 1.54) is 10.9 Å². The first-order chi connectivity index (χ1) is 14.9. The van der Waals surface area contributed by atoms with E-state index in [-0.39, 0.29) is 12.3 Å². The number of likely N-dealkylation sites (N-methyl/N-ethyl adjacent to an activating group) is 1. The fourth-order valence-electron chi connectivity index (χ4n) is 3.46. The quantitative estimate of drug-likeness (QED) is 0.566. The number of halogens is 1. The van der Waals surface area contributed by atoms with Crippen LogP contribution in [-0.2, 0) is 6.61 Å². The van der Waals surface area contributed by atoms with Gasteiger partial charge < -0.3 is 20.1 Å². The molecular formula is C20H21BClN7O2. The molecule has 0 bridgehead atoms. The van der Waals surface area contributed by atoms with Crippen molar-refractivity contribution in [3.05, 3.63) is 59.1 Å². The number of carbonyl (C=O) groups excluding carboxylic acids is 1. The van der Waals surface area contributed by atoms with Crippen LogP contribution in [0.2, 0.25) is 5.02 Å². The number of anilines is 2. The summed E-state index contributed by atoms with van der Waals surface area (Å²) in [4.78, 5) is 25.3. The molecule has 4 heterocycles. The predicted molar refractivity (Wildman–Crippen MR) is 119 cm³/mol. The second-order valence-electron chi connectivity index (χ2n) is 7.35. The number of aliphatic hydroxyl groups excluding tert-OH is 1. The highest BCUT2D eigenvalue weighted by molar-refractivity contribution is 6.30. The lowest BCUT2D eigenvalue weighted by Gasteiger charge is -2.21. The first kappa shape index (κ1) is 21.3. The smallest absolute Gasteiger partial charge is 0.276 e. The standard InChI is InChI=1S/C20H21BClN7O2/c1-27(21)16-6-7-28(11-16)17-5-3-15(9-24-17)25-20(31)19-13(12-30)10-29(26-19)18-4-2-14(22)8-23-18/h2-5,8-10,16,30H,6-7,11-12H2,1H3,(H,25,31). The summed E-state index contributed by atoms with van der Waals surface area (Å²) in [7, 11) is 7.71. The zero-order chi connectivity index (χ0) is 22.0. The molecule has 0 aromatic carbocycles. The molecule has 1 unspecified atom stereocenters. The van der Waals surface area contributed by atoms with Crippen LogP contribution in [0.5, 0.6) is 0 Å². The van der Waals surface area contributed by atoms with Crippen LogP contribution < -0.4 is 10.2 Å². The molecule has 1 amide bonds. The highest BCUT2D eigenvalue weighted by Gasteiger charge is 2.24. The Balaban J connectivity index is 1.46. The van der Waals surface area contributed by atoms with Gasteiger partial charge in [-0.25, -0.2) is 14.6 Å². The number of rotatable bonds is 6. The maximum Gasteiger partial charge on any atom is 0.276 e. The molecule has 3 aromatic heterocycles. The number of carbonyl (C=O) groups is 1. The second kappa shape index (κ2) is 9.05. The van der Waals surface area contributed by atoms with Crippen molar-refractivity contribution in [1.82, 2.24) is 24.6 Å². The van der Waals surface area contributed by atoms with Gasteiger partial charge in [0.15, 0.2) is 19.5 Å². The lowest BCUT2D eigenvalue weighted by atomic mass is 10.2. The zero-order valence-corrected chi connectivity index (χ0v) is 17.7. The lowest BCUT2D eigenvalue weighted by Crippen LogP contribution is -2.32. The molecule has 31 heavy (non-hydrogen) atoms. The SMILES string of the molecule is [B]N(C)C1CCN(c2ccc(NC(=O)c3nn(-c4ccc(Cl)cn4)cc3CO)cn2)C1. The van der Waals surface area contributed by atoms with Gasteiger partial charge in [0.1, 0.15) is 5.82 Å². The van der Waals surface area contributed by atoms with Crippen molar-refractivity contribution in [2.45, 2.75) is 19.1 Å². The molecule has 1 fully saturated rings. The van der Waals surface area contributed by atoms with E-state index in [1.807, 2.05) is 13.1 Å². The van der Waals surface area contributed by atoms with Gasteiger partial charge in [-0.2, -0.15) is 5.10 Å². The van der Waals surface area contributed by atoms with Gasteiger partial charge in [-0.15, -0.1) is 0 Å². The molecule has 3 aromatic rings. The van der Waals surface area contributed by atoms with Gasteiger partial charge in [0, 0.05) is 37.1 Å². The number of nitrogens with zero attached hydrogens (tertiary/aromatic N) is 6. The van der Waals surface area contributed by atoms with Gasteiger partial charge in [0.25, 0.3) is 5.91 Å². The third kappa shape index (κ3) is 4.71. The molecule has 0 saturated carbocycles. The number of aliphatic hydroxyl groups is 1. The van der Waals surface area contributed by atoms with Crippen LogP contribution in [0.3, 0.4) is 0 Å². The minimum absolute atomic E-state index is 0.108. The summed E-state index contributed by atoms with van der Waals surface area (Å²) in [5.41, 5.74) is 1.02. The topological polar surface area (TPSA) is 99.4 Å². The molecule has 1 aliphatic heterocycles. The number of nitrogens with one attached hydrogen (secondary N) is 1. The molecular weight excluding hydrogens is 417 g/mol. The fourth-order valence-corrected chi connectivity index (χ4v) is 3.57. The zero-order valence-electron chi connectivity index (χ0n) is 16.9. The molecule has 1 atom stereocenters. The Hall–Kier alpha value is -2.95. The van der Waals surface area contributed by atoms with Gasteiger partial charge in [-0.3, -0.25) is 4.79 Å². The van der Waals surface area contributed by atoms with Gasteiger partial charge in [-0.05, 0) is 37.7 Å². The van der Waals surface area contributed by atoms with E-state index in [2.05, 4.69) is 25.3 Å². The maximum absolute atomic E-state index is 12.8. The molecule has 4 rings (SSSR count). The third-order valence-corrected chi connectivity index (χ3v) is 5.41. The van der Waals surface area contributed by atoms with Crippen molar-refractivity contribution in [3.8, 4) is 5.82 Å². The van der Waals surface area contributed by atoms with E-state index in [9.17, 15) is 9.90 Å². The predicted octanol–water partition coefficient (Wildman–Crippen LogP) is 1.65. The molecule has 1 aliphatic rings. The summed E-state index contributed by atoms with van der Waals surface area (Å²) >= 11 is 5.86. The van der Waals surface area contributed by atoms with Gasteiger partial charge in [0.05, 0.1) is 23.5 Å². The van der Waals surface area contributed by atoms with Gasteiger partial charge >= 0.3 is 0 Å². The Morgan fingerprint density at radius 2 is 2.06 bits per heavy atom. The average molecular weight is 438 g/mol. The first-order valence-electron chi connectivity index (χ1n) is 9.76. The van der Waals surface area contributed by atoms with Crippen molar-refractivity contribution in [2.24, 2.45) is 0 Å². The van der Waals surface area contributed by atoms with Crippen LogP contribution in [0.15, 0.2) is 42.9 Å². The first-order valence-corrected chi connectivity index (χ1v) is 10.1. The maximum atomic E-state index is 12.8. The summed E-state index contributed by atoms with van der Waals surface area (Å²) in [6.07, 6.45) is 5.62. The second-order valence-corrected chi connectivity index (χ2v) is 7.79. The van der Waals surface area contributed by atoms with E-state index < -0.39 is 5.91 Å². The molecule has 2 radical (unpaired) electrons. The highest BCUT2D eigenvalue weighted by Crippen LogP contribution is 2.22. The summed E-state index contributed by atoms with van der Waals surface area (Å²) in [5, 5.41) is 17.2. The minimum Gasteiger partial charge on any atom is -0.392 e. The Bertz CT molecular complexity index is 1060. The number of hydrogen-bond acceptors (Lipinski definition) is 7. The van der Waals surface area contributed by atoms with Crippen LogP contribution in [0.4, 0.5) is 11.5 Å². The normalized spacial score (nSPS) is 16.1. The van der Waals surface area contributed by atoms with Gasteiger partial charge in [-0.1, -0.05) is 11.6 Å². The summed E-state index contributed by atoms with van der Waals surface area (Å²) in [6.45, 7) is 1.35. The van der Waals surface area contributed by atoms with Crippen molar-refractivity contribution < 1.29 is 9.90 Å². The summed E-state index contributed by atoms with van der Waals surface area (Å²) in [5.74, 6) is 0.866. The van der Waals surface area contributed by atoms with Crippen LogP contribution in [-0.4, -0.2) is 69.7 Å². The molecule has 0 spiro atoms. The molecule has 9 nitrogen and oxygen atoms in total. The monoisotopic (exact) mass is 437 g/mol. The molecule has 2 N–H and O–H groups in total. The average Bonchev–Trinajstić information content (AvgIpc) is 3.42. The highest BCUT2D eigenvalue weighted by atomic mass is 35.5. The van der Waals surface area contributed by atoms with Crippen molar-refractivity contribution in [2.75, 3.05) is 30.4 Å². The van der Waals surface area contributed by atoms with E-state index in [4.69, 9.17) is 19.6 Å². The molecule has 11 heteroatoms. The molecule has 0 aliphatic carbocycles. The minimum atomic E-state index is -0.447. The van der Waals surface area contributed by atoms with E-state index in [1.54, 1.807) is 35.4 Å². The van der Waals surface area contributed by atoms with Gasteiger partial charge in [0.2, 0.25) is 0 Å². The van der Waals surface area contributed by atoms with Crippen LogP contribution in [0, 0.1) is 0 Å². The third-order valence-electron chi connectivity index (χ3n) is 5.19. The number of pyridine rings is 2. The summed E-state index contributed by atoms with van der Waals surface area (Å²) in [6, 6.07) is 7.29. The Labute approximate surface area is 186 Å². The van der Waals surface area contributed by atoms with E-state index in [0.29, 0.717) is 28.1 Å². The Kier molecular flexibility index (Phi) is 6.21. The number of aromatic nitrogens is 4. The largest absolute Gasteiger partial charge is 0.392 e. The van der Waals surface area contributed by atoms with Crippen molar-refractivity contribution in [3.63, 3.8) is 0 Å². The van der Waals surface area contributed by atoms with Crippen molar-refractivity contribution in [1.29, 1.82) is 0 Å². The van der Waals surface area contributed by atoms with E-state index >= 15 is 0 Å².